The zero-order chi connectivity index (χ0) is 24.4. The van der Waals surface area contributed by atoms with Gasteiger partial charge in [0.1, 0.15) is 12.4 Å². The van der Waals surface area contributed by atoms with E-state index in [9.17, 15) is 0 Å². The molecule has 0 amide bonds. The number of aryl methyl sites for hydroxylation is 1. The van der Waals surface area contributed by atoms with Crippen molar-refractivity contribution in [2.75, 3.05) is 14.2 Å². The van der Waals surface area contributed by atoms with Gasteiger partial charge in [0.25, 0.3) is 0 Å². The predicted octanol–water partition coefficient (Wildman–Crippen LogP) is 6.62. The van der Waals surface area contributed by atoms with Crippen molar-refractivity contribution in [2.45, 2.75) is 13.5 Å². The summed E-state index contributed by atoms with van der Waals surface area (Å²) in [6, 6.07) is 23.5. The van der Waals surface area contributed by atoms with Crippen molar-refractivity contribution < 1.29 is 14.2 Å². The Balaban J connectivity index is 1.45. The van der Waals surface area contributed by atoms with Crippen molar-refractivity contribution in [3.05, 3.63) is 95.3 Å². The van der Waals surface area contributed by atoms with Gasteiger partial charge in [0.2, 0.25) is 0 Å². The van der Waals surface area contributed by atoms with Crippen LogP contribution in [0.5, 0.6) is 17.2 Å². The number of benzene rings is 3. The number of hydrogen-bond donors (Lipinski definition) is 0. The fourth-order valence-corrected chi connectivity index (χ4v) is 4.09. The van der Waals surface area contributed by atoms with E-state index in [1.54, 1.807) is 14.2 Å². The Hall–Kier alpha value is -4.03. The molecule has 5 aromatic rings. The molecule has 0 fully saturated rings. The van der Waals surface area contributed by atoms with Gasteiger partial charge >= 0.3 is 0 Å². The zero-order valence-electron chi connectivity index (χ0n) is 19.7. The van der Waals surface area contributed by atoms with Crippen molar-refractivity contribution in [3.63, 3.8) is 0 Å². The van der Waals surface area contributed by atoms with E-state index in [1.165, 1.54) is 0 Å². The second-order valence-electron chi connectivity index (χ2n) is 8.09. The van der Waals surface area contributed by atoms with Gasteiger partial charge in [-0.05, 0) is 72.6 Å². The molecule has 0 atom stereocenters. The molecule has 7 heteroatoms. The second-order valence-corrected chi connectivity index (χ2v) is 8.52. The molecule has 3 aromatic carbocycles. The number of fused-ring (bicyclic) bond motifs is 1. The Morgan fingerprint density at radius 3 is 2.26 bits per heavy atom. The first-order chi connectivity index (χ1) is 17.1. The van der Waals surface area contributed by atoms with E-state index in [-0.39, 0.29) is 0 Å². The fraction of sp³-hybridized carbons (Fsp3) is 0.143. The van der Waals surface area contributed by atoms with Crippen molar-refractivity contribution in [1.82, 2.24) is 14.6 Å². The molecule has 2 aromatic heterocycles. The van der Waals surface area contributed by atoms with Crippen LogP contribution in [0.1, 0.15) is 11.3 Å². The lowest BCUT2D eigenvalue weighted by atomic mass is 10.1. The Kier molecular flexibility index (Phi) is 6.29. The van der Waals surface area contributed by atoms with E-state index < -0.39 is 0 Å². The van der Waals surface area contributed by atoms with Gasteiger partial charge in [0.15, 0.2) is 17.1 Å². The average molecular weight is 486 g/mol. The minimum absolute atomic E-state index is 0.475. The smallest absolute Gasteiger partial charge is 0.163 e. The Morgan fingerprint density at radius 2 is 1.54 bits per heavy atom. The summed E-state index contributed by atoms with van der Waals surface area (Å²) in [4.78, 5) is 4.78. The maximum atomic E-state index is 5.96. The highest BCUT2D eigenvalue weighted by Crippen LogP contribution is 2.35. The Labute approximate surface area is 208 Å². The first-order valence-corrected chi connectivity index (χ1v) is 11.5. The molecule has 0 aliphatic rings. The Morgan fingerprint density at radius 1 is 0.829 bits per heavy atom. The summed E-state index contributed by atoms with van der Waals surface area (Å²) in [5.74, 6) is 2.12. The SMILES string of the molecule is COc1ccc(-c2cnn3c(-c4ccc(OCc5ccc(Cl)cc5)cc4)cc(C)nc23)cc1OC. The standard InChI is InChI=1S/C28H24ClN3O3/c1-18-14-25(20-6-11-23(12-7-20)35-17-19-4-9-22(29)10-5-19)32-28(31-18)24(16-30-32)21-8-13-26(33-2)27(15-21)34-3/h4-16H,17H2,1-3H3. The topological polar surface area (TPSA) is 57.9 Å². The van der Waals surface area contributed by atoms with E-state index in [0.29, 0.717) is 23.1 Å². The molecule has 6 nitrogen and oxygen atoms in total. The highest BCUT2D eigenvalue weighted by Gasteiger charge is 2.15. The highest BCUT2D eigenvalue weighted by atomic mass is 35.5. The van der Waals surface area contributed by atoms with Gasteiger partial charge in [-0.2, -0.15) is 5.10 Å². The van der Waals surface area contributed by atoms with E-state index in [2.05, 4.69) is 5.10 Å². The van der Waals surface area contributed by atoms with Crippen LogP contribution in [0.15, 0.2) is 79.0 Å². The first-order valence-electron chi connectivity index (χ1n) is 11.1. The molecule has 0 unspecified atom stereocenters. The predicted molar refractivity (Wildman–Crippen MR) is 137 cm³/mol. The maximum Gasteiger partial charge on any atom is 0.163 e. The van der Waals surface area contributed by atoms with Gasteiger partial charge in [-0.25, -0.2) is 9.50 Å². The normalized spacial score (nSPS) is 11.0. The van der Waals surface area contributed by atoms with Gasteiger partial charge in [0, 0.05) is 21.8 Å². The minimum Gasteiger partial charge on any atom is -0.493 e. The van der Waals surface area contributed by atoms with Crippen molar-refractivity contribution >= 4 is 17.2 Å². The monoisotopic (exact) mass is 485 g/mol. The molecule has 0 N–H and O–H groups in total. The molecule has 0 aliphatic carbocycles. The van der Waals surface area contributed by atoms with E-state index in [1.807, 2.05) is 90.4 Å². The van der Waals surface area contributed by atoms with Crippen LogP contribution in [-0.4, -0.2) is 28.8 Å². The molecular formula is C28H24ClN3O3. The molecule has 0 spiro atoms. The van der Waals surface area contributed by atoms with Gasteiger partial charge in [-0.1, -0.05) is 29.8 Å². The number of rotatable bonds is 7. The van der Waals surface area contributed by atoms with Crippen LogP contribution in [-0.2, 0) is 6.61 Å². The lowest BCUT2D eigenvalue weighted by Gasteiger charge is -2.11. The fourth-order valence-electron chi connectivity index (χ4n) is 3.97. The van der Waals surface area contributed by atoms with Crippen LogP contribution in [0.4, 0.5) is 0 Å². The summed E-state index contributed by atoms with van der Waals surface area (Å²) >= 11 is 5.96. The maximum absolute atomic E-state index is 5.96. The molecule has 0 radical (unpaired) electrons. The van der Waals surface area contributed by atoms with Crippen LogP contribution in [0.2, 0.25) is 5.02 Å². The van der Waals surface area contributed by atoms with Gasteiger partial charge < -0.3 is 14.2 Å². The molecule has 176 valence electrons. The first kappa shape index (κ1) is 22.7. The number of ether oxygens (including phenoxy) is 3. The van der Waals surface area contributed by atoms with Crippen LogP contribution < -0.4 is 14.2 Å². The number of hydrogen-bond acceptors (Lipinski definition) is 5. The molecule has 0 bridgehead atoms. The third kappa shape index (κ3) is 4.66. The van der Waals surface area contributed by atoms with Crippen LogP contribution in [0, 0.1) is 6.92 Å². The molecule has 2 heterocycles. The van der Waals surface area contributed by atoms with Crippen LogP contribution in [0.25, 0.3) is 28.0 Å². The molecule has 35 heavy (non-hydrogen) atoms. The number of methoxy groups -OCH3 is 2. The third-order valence-corrected chi connectivity index (χ3v) is 6.02. The second kappa shape index (κ2) is 9.68. The zero-order valence-corrected chi connectivity index (χ0v) is 20.4. The minimum atomic E-state index is 0.475. The number of nitrogens with zero attached hydrogens (tertiary/aromatic N) is 3. The molecule has 0 saturated carbocycles. The molecular weight excluding hydrogens is 462 g/mol. The lowest BCUT2D eigenvalue weighted by molar-refractivity contribution is 0.306. The highest BCUT2D eigenvalue weighted by molar-refractivity contribution is 6.30. The summed E-state index contributed by atoms with van der Waals surface area (Å²) in [7, 11) is 3.25. The van der Waals surface area contributed by atoms with Gasteiger partial charge in [0.05, 0.1) is 26.1 Å². The number of halogens is 1. The van der Waals surface area contributed by atoms with E-state index in [4.69, 9.17) is 30.8 Å². The quantitative estimate of drug-likeness (QED) is 0.259. The van der Waals surface area contributed by atoms with Crippen molar-refractivity contribution in [3.8, 4) is 39.6 Å². The summed E-state index contributed by atoms with van der Waals surface area (Å²) in [6.07, 6.45) is 1.83. The van der Waals surface area contributed by atoms with Crippen molar-refractivity contribution in [2.24, 2.45) is 0 Å². The summed E-state index contributed by atoms with van der Waals surface area (Å²) in [5, 5.41) is 5.37. The van der Waals surface area contributed by atoms with Crippen molar-refractivity contribution in [1.29, 1.82) is 0 Å². The molecule has 0 aliphatic heterocycles. The Bertz CT molecular complexity index is 1480. The van der Waals surface area contributed by atoms with E-state index in [0.717, 1.165) is 45.0 Å². The van der Waals surface area contributed by atoms with E-state index >= 15 is 0 Å². The largest absolute Gasteiger partial charge is 0.493 e. The van der Waals surface area contributed by atoms with Crippen LogP contribution >= 0.6 is 11.6 Å². The van der Waals surface area contributed by atoms with Gasteiger partial charge in [-0.15, -0.1) is 0 Å². The number of aromatic nitrogens is 3. The third-order valence-electron chi connectivity index (χ3n) is 5.76. The summed E-state index contributed by atoms with van der Waals surface area (Å²) < 4.78 is 18.7. The van der Waals surface area contributed by atoms with Crippen LogP contribution in [0.3, 0.4) is 0 Å². The molecule has 5 rings (SSSR count). The molecule has 0 saturated heterocycles. The summed E-state index contributed by atoms with van der Waals surface area (Å²) in [6.45, 7) is 2.46. The lowest BCUT2D eigenvalue weighted by Crippen LogP contribution is -1.99. The summed E-state index contributed by atoms with van der Waals surface area (Å²) in [5.41, 5.74) is 6.56. The average Bonchev–Trinajstić information content (AvgIpc) is 3.31. The van der Waals surface area contributed by atoms with Gasteiger partial charge in [-0.3, -0.25) is 0 Å².